The van der Waals surface area contributed by atoms with Crippen LogP contribution in [-0.4, -0.2) is 41.2 Å². The minimum atomic E-state index is -0.0635. The largest absolute Gasteiger partial charge is 0.383 e. The number of aromatic amines is 1. The van der Waals surface area contributed by atoms with Crippen LogP contribution in [0.25, 0.3) is 10.9 Å². The second kappa shape index (κ2) is 6.58. The maximum absolute atomic E-state index is 12.2. The van der Waals surface area contributed by atoms with Crippen LogP contribution < -0.4 is 5.56 Å². The van der Waals surface area contributed by atoms with Crippen molar-refractivity contribution in [3.05, 3.63) is 40.4 Å². The highest BCUT2D eigenvalue weighted by molar-refractivity contribution is 5.77. The van der Waals surface area contributed by atoms with Crippen LogP contribution in [-0.2, 0) is 11.3 Å². The zero-order valence-corrected chi connectivity index (χ0v) is 13.2. The van der Waals surface area contributed by atoms with Crippen LogP contribution in [0.15, 0.2) is 29.1 Å². The first kappa shape index (κ1) is 15.2. The summed E-state index contributed by atoms with van der Waals surface area (Å²) >= 11 is 0. The molecule has 0 unspecified atom stereocenters. The van der Waals surface area contributed by atoms with Gasteiger partial charge in [0.1, 0.15) is 5.82 Å². The Bertz CT molecular complexity index is 694. The van der Waals surface area contributed by atoms with Gasteiger partial charge in [-0.1, -0.05) is 12.1 Å². The van der Waals surface area contributed by atoms with Gasteiger partial charge in [-0.3, -0.25) is 9.69 Å². The maximum Gasteiger partial charge on any atom is 0.258 e. The number of rotatable bonds is 7. The fourth-order valence-electron chi connectivity index (χ4n) is 2.91. The van der Waals surface area contributed by atoms with Gasteiger partial charge in [0.15, 0.2) is 0 Å². The number of nitrogens with one attached hydrogen (secondary N) is 1. The first-order valence-electron chi connectivity index (χ1n) is 7.90. The van der Waals surface area contributed by atoms with Crippen LogP contribution >= 0.6 is 0 Å². The Morgan fingerprint density at radius 3 is 2.91 bits per heavy atom. The van der Waals surface area contributed by atoms with Crippen LogP contribution in [0.2, 0.25) is 0 Å². The summed E-state index contributed by atoms with van der Waals surface area (Å²) in [5.41, 5.74) is 0.693. The smallest absolute Gasteiger partial charge is 0.258 e. The summed E-state index contributed by atoms with van der Waals surface area (Å²) in [6.45, 7) is 4.45. The van der Waals surface area contributed by atoms with Gasteiger partial charge in [-0.05, 0) is 37.8 Å². The monoisotopic (exact) mass is 301 g/mol. The number of hydrogen-bond donors (Lipinski definition) is 1. The van der Waals surface area contributed by atoms with E-state index in [1.807, 2.05) is 18.2 Å². The van der Waals surface area contributed by atoms with E-state index in [1.165, 1.54) is 12.8 Å². The van der Waals surface area contributed by atoms with E-state index in [9.17, 15) is 4.79 Å². The molecule has 0 bridgehead atoms. The molecule has 1 aromatic heterocycles. The number of ether oxygens (including phenoxy) is 1. The van der Waals surface area contributed by atoms with Crippen LogP contribution in [0.5, 0.6) is 0 Å². The Kier molecular flexibility index (Phi) is 4.55. The lowest BCUT2D eigenvalue weighted by molar-refractivity contribution is 0.109. The van der Waals surface area contributed by atoms with Crippen LogP contribution in [0.3, 0.4) is 0 Å². The number of methoxy groups -OCH3 is 1. The molecule has 1 saturated carbocycles. The van der Waals surface area contributed by atoms with Crippen molar-refractivity contribution in [3.63, 3.8) is 0 Å². The van der Waals surface area contributed by atoms with E-state index in [-0.39, 0.29) is 5.56 Å². The Balaban J connectivity index is 1.83. The first-order valence-corrected chi connectivity index (χ1v) is 7.90. The number of para-hydroxylation sites is 1. The Labute approximate surface area is 130 Å². The van der Waals surface area contributed by atoms with Crippen molar-refractivity contribution in [2.45, 2.75) is 32.4 Å². The number of nitrogens with zero attached hydrogens (tertiary/aromatic N) is 2. The number of benzene rings is 1. The summed E-state index contributed by atoms with van der Waals surface area (Å²) in [5, 5.41) is 0.643. The van der Waals surface area contributed by atoms with Crippen molar-refractivity contribution in [1.29, 1.82) is 0 Å². The van der Waals surface area contributed by atoms with E-state index in [1.54, 1.807) is 13.2 Å². The van der Waals surface area contributed by atoms with Gasteiger partial charge in [0, 0.05) is 19.7 Å². The van der Waals surface area contributed by atoms with E-state index < -0.39 is 0 Å². The third kappa shape index (κ3) is 3.36. The quantitative estimate of drug-likeness (QED) is 0.851. The molecule has 1 atom stereocenters. The number of H-pyrrole nitrogens is 1. The van der Waals surface area contributed by atoms with Gasteiger partial charge < -0.3 is 9.72 Å². The highest BCUT2D eigenvalue weighted by Gasteiger charge is 2.32. The molecule has 2 aromatic rings. The molecule has 1 heterocycles. The van der Waals surface area contributed by atoms with E-state index in [0.29, 0.717) is 24.6 Å². The van der Waals surface area contributed by atoms with Gasteiger partial charge in [-0.15, -0.1) is 0 Å². The summed E-state index contributed by atoms with van der Waals surface area (Å²) in [6, 6.07) is 7.96. The van der Waals surface area contributed by atoms with Gasteiger partial charge in [0.05, 0.1) is 24.1 Å². The zero-order valence-electron chi connectivity index (χ0n) is 13.2. The summed E-state index contributed by atoms with van der Waals surface area (Å²) < 4.78 is 5.22. The van der Waals surface area contributed by atoms with Crippen molar-refractivity contribution in [1.82, 2.24) is 14.9 Å². The zero-order chi connectivity index (χ0) is 15.5. The fourth-order valence-corrected chi connectivity index (χ4v) is 2.91. The summed E-state index contributed by atoms with van der Waals surface area (Å²) in [4.78, 5) is 22.1. The molecule has 118 valence electrons. The molecule has 5 heteroatoms. The molecule has 1 aliphatic carbocycles. The topological polar surface area (TPSA) is 58.2 Å². The molecule has 1 N–H and O–H groups in total. The van der Waals surface area contributed by atoms with Crippen molar-refractivity contribution < 1.29 is 4.74 Å². The highest BCUT2D eigenvalue weighted by Crippen LogP contribution is 2.35. The Morgan fingerprint density at radius 2 is 2.18 bits per heavy atom. The van der Waals surface area contributed by atoms with E-state index >= 15 is 0 Å². The normalized spacial score (nSPS) is 16.3. The van der Waals surface area contributed by atoms with Gasteiger partial charge in [0.2, 0.25) is 0 Å². The lowest BCUT2D eigenvalue weighted by atomic mass is 10.2. The van der Waals surface area contributed by atoms with E-state index in [2.05, 4.69) is 21.8 Å². The Morgan fingerprint density at radius 1 is 1.41 bits per heavy atom. The van der Waals surface area contributed by atoms with Crippen molar-refractivity contribution in [2.24, 2.45) is 5.92 Å². The molecule has 0 spiro atoms. The number of hydrogen-bond acceptors (Lipinski definition) is 4. The minimum absolute atomic E-state index is 0.0635. The molecule has 3 rings (SSSR count). The predicted molar refractivity (Wildman–Crippen MR) is 86.8 cm³/mol. The van der Waals surface area contributed by atoms with E-state index in [0.717, 1.165) is 23.8 Å². The lowest BCUT2D eigenvalue weighted by Gasteiger charge is -2.28. The molecule has 0 radical (unpaired) electrons. The average molecular weight is 301 g/mol. The van der Waals surface area contributed by atoms with E-state index in [4.69, 9.17) is 4.74 Å². The lowest BCUT2D eigenvalue weighted by Crippen LogP contribution is -2.37. The molecule has 1 aromatic carbocycles. The van der Waals surface area contributed by atoms with Gasteiger partial charge >= 0.3 is 0 Å². The van der Waals surface area contributed by atoms with Crippen molar-refractivity contribution in [2.75, 3.05) is 20.3 Å². The molecular formula is C17H23N3O2. The maximum atomic E-state index is 12.2. The van der Waals surface area contributed by atoms with Gasteiger partial charge in [-0.25, -0.2) is 4.98 Å². The van der Waals surface area contributed by atoms with Crippen LogP contribution in [0.4, 0.5) is 0 Å². The molecule has 1 fully saturated rings. The predicted octanol–water partition coefficient (Wildman–Crippen LogP) is 2.17. The SMILES string of the molecule is COCCN(Cc1nc2ccccc2c(=O)[nH]1)[C@@H](C)C1CC1. The number of aromatic nitrogens is 2. The molecular weight excluding hydrogens is 278 g/mol. The second-order valence-corrected chi connectivity index (χ2v) is 6.07. The summed E-state index contributed by atoms with van der Waals surface area (Å²) in [5.74, 6) is 1.50. The molecule has 0 amide bonds. The third-order valence-electron chi connectivity index (χ3n) is 4.48. The molecule has 0 aliphatic heterocycles. The molecule has 1 aliphatic rings. The third-order valence-corrected chi connectivity index (χ3v) is 4.48. The highest BCUT2D eigenvalue weighted by atomic mass is 16.5. The Hall–Kier alpha value is -1.72. The van der Waals surface area contributed by atoms with Crippen molar-refractivity contribution >= 4 is 10.9 Å². The first-order chi connectivity index (χ1) is 10.7. The fraction of sp³-hybridized carbons (Fsp3) is 0.529. The standard InChI is InChI=1S/C17H23N3O2/c1-12(13-7-8-13)20(9-10-22-2)11-16-18-15-6-4-3-5-14(15)17(21)19-16/h3-6,12-13H,7-11H2,1-2H3,(H,18,19,21)/t12-/m0/s1. The van der Waals surface area contributed by atoms with Gasteiger partial charge in [0.25, 0.3) is 5.56 Å². The number of fused-ring (bicyclic) bond motifs is 1. The molecule has 22 heavy (non-hydrogen) atoms. The average Bonchev–Trinajstić information content (AvgIpc) is 3.35. The second-order valence-electron chi connectivity index (χ2n) is 6.07. The minimum Gasteiger partial charge on any atom is -0.383 e. The summed E-state index contributed by atoms with van der Waals surface area (Å²) in [6.07, 6.45) is 2.60. The van der Waals surface area contributed by atoms with Crippen molar-refractivity contribution in [3.8, 4) is 0 Å². The van der Waals surface area contributed by atoms with Crippen LogP contribution in [0, 0.1) is 5.92 Å². The van der Waals surface area contributed by atoms with Gasteiger partial charge in [-0.2, -0.15) is 0 Å². The van der Waals surface area contributed by atoms with Crippen LogP contribution in [0.1, 0.15) is 25.6 Å². The molecule has 0 saturated heterocycles. The molecule has 5 nitrogen and oxygen atoms in total. The summed E-state index contributed by atoms with van der Waals surface area (Å²) in [7, 11) is 1.72.